The first-order valence-corrected chi connectivity index (χ1v) is 8.89. The van der Waals surface area contributed by atoms with Crippen LogP contribution in [0.15, 0.2) is 48.8 Å². The lowest BCUT2D eigenvalue weighted by molar-refractivity contribution is -0.127. The number of carbonyl (C=O) groups excluding carboxylic acids is 1. The van der Waals surface area contributed by atoms with Gasteiger partial charge in [-0.05, 0) is 55.2 Å². The number of benzene rings is 1. The van der Waals surface area contributed by atoms with Gasteiger partial charge < -0.3 is 14.4 Å². The highest BCUT2D eigenvalue weighted by Gasteiger charge is 2.31. The lowest BCUT2D eigenvalue weighted by Gasteiger charge is -2.20. The molecule has 1 saturated carbocycles. The fourth-order valence-electron chi connectivity index (χ4n) is 2.79. The van der Waals surface area contributed by atoms with Gasteiger partial charge in [-0.1, -0.05) is 12.1 Å². The van der Waals surface area contributed by atoms with Crippen LogP contribution >= 0.6 is 0 Å². The van der Waals surface area contributed by atoms with Gasteiger partial charge in [-0.15, -0.1) is 0 Å². The molecule has 0 radical (unpaired) electrons. The summed E-state index contributed by atoms with van der Waals surface area (Å²) >= 11 is 0. The summed E-state index contributed by atoms with van der Waals surface area (Å²) < 4.78 is 10.9. The van der Waals surface area contributed by atoms with Gasteiger partial charge in [0.15, 0.2) is 11.5 Å². The summed E-state index contributed by atoms with van der Waals surface area (Å²) in [7, 11) is 1.61. The van der Waals surface area contributed by atoms with Crippen LogP contribution in [0.5, 0.6) is 11.5 Å². The fourth-order valence-corrected chi connectivity index (χ4v) is 2.79. The van der Waals surface area contributed by atoms with Crippen LogP contribution in [0.2, 0.25) is 0 Å². The molecule has 1 heterocycles. The Morgan fingerprint density at radius 2 is 2.15 bits per heavy atom. The molecule has 0 spiro atoms. The molecule has 3 rings (SSSR count). The van der Waals surface area contributed by atoms with E-state index in [1.807, 2.05) is 54.4 Å². The minimum Gasteiger partial charge on any atom is -0.493 e. The molecule has 2 aromatic rings. The van der Waals surface area contributed by atoms with Crippen molar-refractivity contribution in [3.63, 3.8) is 0 Å². The van der Waals surface area contributed by atoms with Crippen molar-refractivity contribution in [1.82, 2.24) is 9.88 Å². The smallest absolute Gasteiger partial charge is 0.247 e. The fraction of sp³-hybridized carbons (Fsp3) is 0.333. The van der Waals surface area contributed by atoms with Crippen molar-refractivity contribution in [2.45, 2.75) is 32.4 Å². The molecule has 0 unspecified atom stereocenters. The number of rotatable bonds is 8. The summed E-state index contributed by atoms with van der Waals surface area (Å²) in [5.74, 6) is 1.38. The molecule has 1 aliphatic rings. The first-order valence-electron chi connectivity index (χ1n) is 8.89. The molecule has 5 heteroatoms. The van der Waals surface area contributed by atoms with E-state index >= 15 is 0 Å². The first-order chi connectivity index (χ1) is 12.7. The Morgan fingerprint density at radius 1 is 1.31 bits per heavy atom. The summed E-state index contributed by atoms with van der Waals surface area (Å²) in [4.78, 5) is 18.7. The second-order valence-corrected chi connectivity index (χ2v) is 6.24. The molecule has 0 saturated heterocycles. The lowest BCUT2D eigenvalue weighted by Crippen LogP contribution is -2.31. The average Bonchev–Trinajstić information content (AvgIpc) is 3.50. The molecule has 1 aliphatic carbocycles. The van der Waals surface area contributed by atoms with Gasteiger partial charge in [0.25, 0.3) is 0 Å². The third-order valence-electron chi connectivity index (χ3n) is 4.25. The number of carbonyl (C=O) groups is 1. The Balaban J connectivity index is 1.71. The predicted octanol–water partition coefficient (Wildman–Crippen LogP) is 3.69. The number of hydrogen-bond acceptors (Lipinski definition) is 4. The monoisotopic (exact) mass is 352 g/mol. The van der Waals surface area contributed by atoms with Crippen LogP contribution in [-0.2, 0) is 11.3 Å². The molecule has 5 nitrogen and oxygen atoms in total. The standard InChI is InChI=1S/C21H24N2O3/c1-3-26-20-13-16(6-10-19(20)25-2)7-11-21(24)23(18-8-9-18)15-17-5-4-12-22-14-17/h4-7,10-14,18H,3,8-9,15H2,1-2H3. The van der Waals surface area contributed by atoms with Gasteiger partial charge in [-0.25, -0.2) is 0 Å². The normalized spacial score (nSPS) is 13.6. The highest BCUT2D eigenvalue weighted by Crippen LogP contribution is 2.30. The summed E-state index contributed by atoms with van der Waals surface area (Å²) in [5.41, 5.74) is 1.95. The molecule has 0 aliphatic heterocycles. The highest BCUT2D eigenvalue weighted by atomic mass is 16.5. The molecule has 0 bridgehead atoms. The third kappa shape index (κ3) is 4.63. The van der Waals surface area contributed by atoms with Crippen LogP contribution in [0.3, 0.4) is 0 Å². The maximum atomic E-state index is 12.7. The van der Waals surface area contributed by atoms with Gasteiger partial charge in [0.2, 0.25) is 5.91 Å². The number of pyridine rings is 1. The van der Waals surface area contributed by atoms with E-state index in [0.717, 1.165) is 24.0 Å². The molecule has 136 valence electrons. The van der Waals surface area contributed by atoms with Crippen molar-refractivity contribution in [2.75, 3.05) is 13.7 Å². The van der Waals surface area contributed by atoms with E-state index in [-0.39, 0.29) is 5.91 Å². The SMILES string of the molecule is CCOc1cc(C=CC(=O)N(Cc2cccnc2)C2CC2)ccc1OC. The molecule has 1 amide bonds. The number of hydrogen-bond donors (Lipinski definition) is 0. The van der Waals surface area contributed by atoms with Gasteiger partial charge in [0.1, 0.15) is 0 Å². The Kier molecular flexibility index (Phi) is 5.89. The zero-order valence-corrected chi connectivity index (χ0v) is 15.2. The highest BCUT2D eigenvalue weighted by molar-refractivity contribution is 5.92. The maximum absolute atomic E-state index is 12.7. The third-order valence-corrected chi connectivity index (χ3v) is 4.25. The molecule has 1 aromatic carbocycles. The summed E-state index contributed by atoms with van der Waals surface area (Å²) in [6.07, 6.45) is 9.14. The van der Waals surface area contributed by atoms with E-state index in [0.29, 0.717) is 30.7 Å². The van der Waals surface area contributed by atoms with Gasteiger partial charge in [0.05, 0.1) is 13.7 Å². The van der Waals surface area contributed by atoms with Crippen molar-refractivity contribution in [3.8, 4) is 11.5 Å². The Bertz CT molecular complexity index is 770. The number of amides is 1. The van der Waals surface area contributed by atoms with Crippen molar-refractivity contribution < 1.29 is 14.3 Å². The van der Waals surface area contributed by atoms with Crippen LogP contribution in [0.1, 0.15) is 30.9 Å². The second-order valence-electron chi connectivity index (χ2n) is 6.24. The topological polar surface area (TPSA) is 51.7 Å². The van der Waals surface area contributed by atoms with Crippen LogP contribution in [0.4, 0.5) is 0 Å². The summed E-state index contributed by atoms with van der Waals surface area (Å²) in [6.45, 7) is 3.08. The zero-order chi connectivity index (χ0) is 18.4. The predicted molar refractivity (Wildman–Crippen MR) is 101 cm³/mol. The van der Waals surface area contributed by atoms with E-state index < -0.39 is 0 Å². The van der Waals surface area contributed by atoms with Crippen molar-refractivity contribution >= 4 is 12.0 Å². The van der Waals surface area contributed by atoms with Crippen molar-refractivity contribution in [3.05, 3.63) is 59.9 Å². The quantitative estimate of drug-likeness (QED) is 0.680. The van der Waals surface area contributed by atoms with E-state index in [1.165, 1.54) is 0 Å². The molecular formula is C21H24N2O3. The van der Waals surface area contributed by atoms with Gasteiger partial charge >= 0.3 is 0 Å². The number of ether oxygens (including phenoxy) is 2. The van der Waals surface area contributed by atoms with Gasteiger partial charge in [0, 0.05) is 31.1 Å². The van der Waals surface area contributed by atoms with Crippen molar-refractivity contribution in [2.24, 2.45) is 0 Å². The summed E-state index contributed by atoms with van der Waals surface area (Å²) in [5, 5.41) is 0. The van der Waals surface area contributed by atoms with Crippen LogP contribution in [0, 0.1) is 0 Å². The van der Waals surface area contributed by atoms with Gasteiger partial charge in [-0.3, -0.25) is 9.78 Å². The van der Waals surface area contributed by atoms with Gasteiger partial charge in [-0.2, -0.15) is 0 Å². The largest absolute Gasteiger partial charge is 0.493 e. The molecule has 1 fully saturated rings. The van der Waals surface area contributed by atoms with Crippen LogP contribution in [0.25, 0.3) is 6.08 Å². The second kappa shape index (κ2) is 8.52. The Labute approximate surface area is 154 Å². The molecular weight excluding hydrogens is 328 g/mol. The lowest BCUT2D eigenvalue weighted by atomic mass is 10.1. The minimum atomic E-state index is 0.0186. The maximum Gasteiger partial charge on any atom is 0.247 e. The molecule has 26 heavy (non-hydrogen) atoms. The summed E-state index contributed by atoms with van der Waals surface area (Å²) in [6, 6.07) is 9.87. The Hall–Kier alpha value is -2.82. The number of methoxy groups -OCH3 is 1. The van der Waals surface area contributed by atoms with E-state index in [2.05, 4.69) is 4.98 Å². The van der Waals surface area contributed by atoms with E-state index in [4.69, 9.17) is 9.47 Å². The zero-order valence-electron chi connectivity index (χ0n) is 15.2. The average molecular weight is 352 g/mol. The molecule has 0 N–H and O–H groups in total. The number of aromatic nitrogens is 1. The molecule has 1 aromatic heterocycles. The van der Waals surface area contributed by atoms with Crippen LogP contribution in [-0.4, -0.2) is 35.5 Å². The Morgan fingerprint density at radius 3 is 2.81 bits per heavy atom. The van der Waals surface area contributed by atoms with E-state index in [9.17, 15) is 4.79 Å². The number of nitrogens with zero attached hydrogens (tertiary/aromatic N) is 2. The van der Waals surface area contributed by atoms with Crippen LogP contribution < -0.4 is 9.47 Å². The molecule has 0 atom stereocenters. The first kappa shape index (κ1) is 18.0. The minimum absolute atomic E-state index is 0.0186. The van der Waals surface area contributed by atoms with Crippen molar-refractivity contribution in [1.29, 1.82) is 0 Å². The van der Waals surface area contributed by atoms with E-state index in [1.54, 1.807) is 19.4 Å².